The van der Waals surface area contributed by atoms with Gasteiger partial charge in [-0.1, -0.05) is 46.5 Å². The number of nitrogens with one attached hydrogen (secondary N) is 1. The Labute approximate surface area is 167 Å². The average Bonchev–Trinajstić information content (AvgIpc) is 3.04. The third kappa shape index (κ3) is 4.23. The Morgan fingerprint density at radius 2 is 1.89 bits per heavy atom. The van der Waals surface area contributed by atoms with Crippen LogP contribution >= 0.6 is 11.3 Å². The van der Waals surface area contributed by atoms with E-state index in [9.17, 15) is 9.59 Å². The number of rotatable bonds is 5. The predicted octanol–water partition coefficient (Wildman–Crippen LogP) is 5.59. The lowest BCUT2D eigenvalue weighted by molar-refractivity contribution is -0.120. The molecule has 0 spiro atoms. The van der Waals surface area contributed by atoms with Crippen LogP contribution in [0.3, 0.4) is 0 Å². The molecule has 2 aliphatic rings. The fourth-order valence-electron chi connectivity index (χ4n) is 4.53. The molecular weight excluding hydrogens is 358 g/mol. The first-order valence-electron chi connectivity index (χ1n) is 10.4. The van der Waals surface area contributed by atoms with Crippen LogP contribution in [0, 0.1) is 17.3 Å². The molecule has 1 amide bonds. The van der Waals surface area contributed by atoms with E-state index in [1.165, 1.54) is 18.4 Å². The smallest absolute Gasteiger partial charge is 0.341 e. The van der Waals surface area contributed by atoms with Gasteiger partial charge in [0.05, 0.1) is 12.7 Å². The quantitative estimate of drug-likeness (QED) is 0.665. The standard InChI is InChI=1S/C22H33NO3S/c1-5-22(2,3)15-11-12-16-17(13-15)27-20(18(16)21(25)26-4)23-19(24)14-9-7-6-8-10-14/h14-15H,5-13H2,1-4H3,(H,23,24). The molecule has 2 aliphatic carbocycles. The van der Waals surface area contributed by atoms with Crippen molar-refractivity contribution in [1.29, 1.82) is 0 Å². The van der Waals surface area contributed by atoms with E-state index in [1.807, 2.05) is 0 Å². The summed E-state index contributed by atoms with van der Waals surface area (Å²) in [4.78, 5) is 26.5. The highest BCUT2D eigenvalue weighted by Gasteiger charge is 2.36. The molecule has 150 valence electrons. The van der Waals surface area contributed by atoms with Crippen LogP contribution in [0.5, 0.6) is 0 Å². The molecule has 1 N–H and O–H groups in total. The number of carbonyl (C=O) groups excluding carboxylic acids is 2. The minimum atomic E-state index is -0.320. The monoisotopic (exact) mass is 391 g/mol. The number of fused-ring (bicyclic) bond motifs is 1. The summed E-state index contributed by atoms with van der Waals surface area (Å²) in [6, 6.07) is 0. The van der Waals surface area contributed by atoms with Crippen molar-refractivity contribution in [3.8, 4) is 0 Å². The normalized spacial score (nSPS) is 20.8. The van der Waals surface area contributed by atoms with Crippen molar-refractivity contribution in [1.82, 2.24) is 0 Å². The van der Waals surface area contributed by atoms with Gasteiger partial charge in [-0.05, 0) is 49.0 Å². The Kier molecular flexibility index (Phi) is 6.29. The van der Waals surface area contributed by atoms with Gasteiger partial charge in [0.1, 0.15) is 5.00 Å². The number of anilines is 1. The van der Waals surface area contributed by atoms with Gasteiger partial charge in [0.2, 0.25) is 5.91 Å². The molecule has 1 atom stereocenters. The summed E-state index contributed by atoms with van der Waals surface area (Å²) in [5, 5.41) is 3.80. The lowest BCUT2D eigenvalue weighted by atomic mass is 9.69. The number of amides is 1. The molecule has 1 fully saturated rings. The molecule has 1 aromatic rings. The molecule has 3 rings (SSSR count). The summed E-state index contributed by atoms with van der Waals surface area (Å²) in [6.07, 6.45) is 9.49. The Morgan fingerprint density at radius 1 is 1.19 bits per heavy atom. The Morgan fingerprint density at radius 3 is 2.52 bits per heavy atom. The molecule has 27 heavy (non-hydrogen) atoms. The molecule has 1 unspecified atom stereocenters. The van der Waals surface area contributed by atoms with E-state index in [2.05, 4.69) is 26.1 Å². The highest BCUT2D eigenvalue weighted by Crippen LogP contribution is 2.45. The maximum absolute atomic E-state index is 12.8. The van der Waals surface area contributed by atoms with Crippen molar-refractivity contribution in [3.63, 3.8) is 0 Å². The maximum atomic E-state index is 12.8. The van der Waals surface area contributed by atoms with Gasteiger partial charge in [-0.3, -0.25) is 4.79 Å². The van der Waals surface area contributed by atoms with Crippen LogP contribution in [0.25, 0.3) is 0 Å². The van der Waals surface area contributed by atoms with Crippen molar-refractivity contribution in [2.24, 2.45) is 17.3 Å². The fourth-order valence-corrected chi connectivity index (χ4v) is 5.84. The van der Waals surface area contributed by atoms with Crippen molar-refractivity contribution in [2.75, 3.05) is 12.4 Å². The Balaban J connectivity index is 1.86. The zero-order chi connectivity index (χ0) is 19.6. The molecule has 5 heteroatoms. The van der Waals surface area contributed by atoms with Crippen molar-refractivity contribution in [3.05, 3.63) is 16.0 Å². The number of esters is 1. The molecule has 1 saturated carbocycles. The molecule has 1 aromatic heterocycles. The molecule has 0 aliphatic heterocycles. The molecule has 0 radical (unpaired) electrons. The number of thiophene rings is 1. The largest absolute Gasteiger partial charge is 0.465 e. The van der Waals surface area contributed by atoms with Gasteiger partial charge in [-0.25, -0.2) is 4.79 Å². The second-order valence-corrected chi connectivity index (χ2v) is 9.91. The molecule has 0 aromatic carbocycles. The molecular formula is C22H33NO3S. The van der Waals surface area contributed by atoms with Gasteiger partial charge in [-0.2, -0.15) is 0 Å². The van der Waals surface area contributed by atoms with E-state index in [-0.39, 0.29) is 17.8 Å². The number of ether oxygens (including phenoxy) is 1. The van der Waals surface area contributed by atoms with Crippen LogP contribution in [-0.4, -0.2) is 19.0 Å². The van der Waals surface area contributed by atoms with E-state index < -0.39 is 0 Å². The number of carbonyl (C=O) groups is 2. The maximum Gasteiger partial charge on any atom is 0.341 e. The topological polar surface area (TPSA) is 55.4 Å². The molecule has 0 bridgehead atoms. The van der Waals surface area contributed by atoms with E-state index >= 15 is 0 Å². The Bertz CT molecular complexity index is 701. The highest BCUT2D eigenvalue weighted by molar-refractivity contribution is 7.17. The minimum Gasteiger partial charge on any atom is -0.465 e. The van der Waals surface area contributed by atoms with Gasteiger partial charge < -0.3 is 10.1 Å². The van der Waals surface area contributed by atoms with Crippen LogP contribution in [0.4, 0.5) is 5.00 Å². The third-order valence-electron chi connectivity index (χ3n) is 6.88. The predicted molar refractivity (Wildman–Crippen MR) is 110 cm³/mol. The highest BCUT2D eigenvalue weighted by atomic mass is 32.1. The number of hydrogen-bond acceptors (Lipinski definition) is 4. The second kappa shape index (κ2) is 8.34. The van der Waals surface area contributed by atoms with E-state index in [0.29, 0.717) is 21.9 Å². The SMILES string of the molecule is CCC(C)(C)C1CCc2c(sc(NC(=O)C3CCCCC3)c2C(=O)OC)C1. The summed E-state index contributed by atoms with van der Waals surface area (Å²) in [7, 11) is 1.42. The van der Waals surface area contributed by atoms with Crippen LogP contribution in [0.2, 0.25) is 0 Å². The van der Waals surface area contributed by atoms with Gasteiger partial charge in [-0.15, -0.1) is 11.3 Å². The zero-order valence-electron chi connectivity index (χ0n) is 17.2. The van der Waals surface area contributed by atoms with E-state index in [0.717, 1.165) is 56.9 Å². The summed E-state index contributed by atoms with van der Waals surface area (Å²) in [5.41, 5.74) is 2.00. The van der Waals surface area contributed by atoms with Crippen LogP contribution in [0.15, 0.2) is 0 Å². The number of hydrogen-bond donors (Lipinski definition) is 1. The lowest BCUT2D eigenvalue weighted by Crippen LogP contribution is -2.28. The van der Waals surface area contributed by atoms with E-state index in [4.69, 9.17) is 4.74 Å². The van der Waals surface area contributed by atoms with Gasteiger partial charge in [0, 0.05) is 10.8 Å². The molecule has 1 heterocycles. The average molecular weight is 392 g/mol. The van der Waals surface area contributed by atoms with Gasteiger partial charge in [0.25, 0.3) is 0 Å². The lowest BCUT2D eigenvalue weighted by Gasteiger charge is -2.36. The second-order valence-electron chi connectivity index (χ2n) is 8.81. The molecule has 4 nitrogen and oxygen atoms in total. The number of methoxy groups -OCH3 is 1. The minimum absolute atomic E-state index is 0.0730. The van der Waals surface area contributed by atoms with Gasteiger partial charge >= 0.3 is 5.97 Å². The van der Waals surface area contributed by atoms with Crippen molar-refractivity contribution < 1.29 is 14.3 Å². The van der Waals surface area contributed by atoms with Crippen molar-refractivity contribution in [2.45, 2.75) is 78.6 Å². The van der Waals surface area contributed by atoms with E-state index in [1.54, 1.807) is 11.3 Å². The first-order chi connectivity index (χ1) is 12.9. The first-order valence-corrected chi connectivity index (χ1v) is 11.2. The van der Waals surface area contributed by atoms with Crippen LogP contribution < -0.4 is 5.32 Å². The summed E-state index contributed by atoms with van der Waals surface area (Å²) in [5.74, 6) is 0.444. The Hall–Kier alpha value is -1.36. The summed E-state index contributed by atoms with van der Waals surface area (Å²) >= 11 is 1.60. The zero-order valence-corrected chi connectivity index (χ0v) is 18.0. The first kappa shape index (κ1) is 20.4. The fraction of sp³-hybridized carbons (Fsp3) is 0.727. The van der Waals surface area contributed by atoms with Crippen molar-refractivity contribution >= 4 is 28.2 Å². The summed E-state index contributed by atoms with van der Waals surface area (Å²) < 4.78 is 5.06. The van der Waals surface area contributed by atoms with Crippen LogP contribution in [-0.2, 0) is 22.4 Å². The van der Waals surface area contributed by atoms with Crippen LogP contribution in [0.1, 0.15) is 86.5 Å². The third-order valence-corrected chi connectivity index (χ3v) is 8.05. The summed E-state index contributed by atoms with van der Waals surface area (Å²) in [6.45, 7) is 6.92. The molecule has 0 saturated heterocycles. The van der Waals surface area contributed by atoms with Gasteiger partial charge in [0.15, 0.2) is 0 Å².